The molecule has 0 bridgehead atoms. The van der Waals surface area contributed by atoms with E-state index in [1.165, 1.54) is 24.4 Å². The highest BCUT2D eigenvalue weighted by atomic mass is 32.2. The Hall–Kier alpha value is -1.68. The third-order valence-electron chi connectivity index (χ3n) is 3.65. The van der Waals surface area contributed by atoms with Gasteiger partial charge in [-0.25, -0.2) is 4.79 Å². The molecule has 1 atom stereocenters. The summed E-state index contributed by atoms with van der Waals surface area (Å²) in [5, 5.41) is 23.7. The molecule has 1 saturated carbocycles. The summed E-state index contributed by atoms with van der Waals surface area (Å²) in [6.07, 6.45) is 9.20. The van der Waals surface area contributed by atoms with Crippen LogP contribution in [0.15, 0.2) is 11.8 Å². The highest BCUT2D eigenvalue weighted by Crippen LogP contribution is 2.17. The number of hydrogen-bond acceptors (Lipinski definition) is 5. The predicted molar refractivity (Wildman–Crippen MR) is 86.3 cm³/mol. The molecular formula is C15H23N3O3S. The number of thioether (sulfide) groups is 1. The summed E-state index contributed by atoms with van der Waals surface area (Å²) in [4.78, 5) is 23.1. The molecule has 1 fully saturated rings. The van der Waals surface area contributed by atoms with Gasteiger partial charge in [-0.1, -0.05) is 19.3 Å². The average Bonchev–Trinajstić information content (AvgIpc) is 2.52. The Bertz CT molecular complexity index is 453. The van der Waals surface area contributed by atoms with Gasteiger partial charge in [0.2, 0.25) is 0 Å². The third-order valence-corrected chi connectivity index (χ3v) is 4.29. The zero-order valence-corrected chi connectivity index (χ0v) is 13.6. The molecule has 7 heteroatoms. The minimum absolute atomic E-state index is 0.0824. The van der Waals surface area contributed by atoms with E-state index in [-0.39, 0.29) is 11.6 Å². The number of hydrogen-bond donors (Lipinski definition) is 3. The van der Waals surface area contributed by atoms with Crippen LogP contribution >= 0.6 is 11.8 Å². The number of amides is 1. The number of aliphatic carboxylic acids is 1. The molecule has 6 nitrogen and oxygen atoms in total. The van der Waals surface area contributed by atoms with E-state index in [1.54, 1.807) is 0 Å². The fraction of sp³-hybridized carbons (Fsp3) is 0.667. The molecular weight excluding hydrogens is 302 g/mol. The molecule has 1 aliphatic carbocycles. The minimum Gasteiger partial charge on any atom is -0.480 e. The van der Waals surface area contributed by atoms with Gasteiger partial charge in [0.15, 0.2) is 0 Å². The molecule has 0 aromatic heterocycles. The Kier molecular flexibility index (Phi) is 8.44. The van der Waals surface area contributed by atoms with Crippen LogP contribution in [-0.4, -0.2) is 41.1 Å². The van der Waals surface area contributed by atoms with Gasteiger partial charge >= 0.3 is 5.97 Å². The first-order chi connectivity index (χ1) is 10.6. The molecule has 1 unspecified atom stereocenters. The van der Waals surface area contributed by atoms with E-state index in [0.717, 1.165) is 25.7 Å². The number of carboxylic acid groups (broad SMARTS) is 1. The monoisotopic (exact) mass is 325 g/mol. The molecule has 122 valence electrons. The fourth-order valence-electron chi connectivity index (χ4n) is 2.35. The van der Waals surface area contributed by atoms with E-state index in [1.807, 2.05) is 12.3 Å². The predicted octanol–water partition coefficient (Wildman–Crippen LogP) is 1.64. The van der Waals surface area contributed by atoms with Gasteiger partial charge in [0.25, 0.3) is 5.91 Å². The molecule has 3 N–H and O–H groups in total. The zero-order chi connectivity index (χ0) is 16.4. The number of nitriles is 1. The van der Waals surface area contributed by atoms with Crippen LogP contribution in [0.25, 0.3) is 0 Å². The maximum Gasteiger partial charge on any atom is 0.326 e. The number of carbonyl (C=O) groups is 2. The summed E-state index contributed by atoms with van der Waals surface area (Å²) in [5.74, 6) is -1.09. The maximum absolute atomic E-state index is 12.0. The molecule has 1 rings (SSSR count). The summed E-state index contributed by atoms with van der Waals surface area (Å²) in [6, 6.07) is 1.15. The van der Waals surface area contributed by atoms with Gasteiger partial charge in [0, 0.05) is 12.2 Å². The van der Waals surface area contributed by atoms with Crippen molar-refractivity contribution in [3.05, 3.63) is 11.8 Å². The molecule has 0 heterocycles. The van der Waals surface area contributed by atoms with Gasteiger partial charge in [-0.15, -0.1) is 0 Å². The van der Waals surface area contributed by atoms with Crippen LogP contribution in [0.2, 0.25) is 0 Å². The van der Waals surface area contributed by atoms with Crippen molar-refractivity contribution in [2.45, 2.75) is 50.6 Å². The molecule has 0 aromatic carbocycles. The normalized spacial score (nSPS) is 17.4. The first kappa shape index (κ1) is 18.4. The van der Waals surface area contributed by atoms with Crippen LogP contribution in [0.1, 0.15) is 38.5 Å². The number of carboxylic acids is 1. The van der Waals surface area contributed by atoms with Crippen molar-refractivity contribution in [3.8, 4) is 6.07 Å². The van der Waals surface area contributed by atoms with Crippen molar-refractivity contribution in [2.24, 2.45) is 0 Å². The second-order valence-electron chi connectivity index (χ2n) is 5.32. The van der Waals surface area contributed by atoms with Crippen LogP contribution in [-0.2, 0) is 9.59 Å². The van der Waals surface area contributed by atoms with Gasteiger partial charge in [-0.05, 0) is 31.3 Å². The summed E-state index contributed by atoms with van der Waals surface area (Å²) in [6.45, 7) is 0. The minimum atomic E-state index is -1.08. The van der Waals surface area contributed by atoms with E-state index < -0.39 is 17.9 Å². The largest absolute Gasteiger partial charge is 0.480 e. The smallest absolute Gasteiger partial charge is 0.326 e. The van der Waals surface area contributed by atoms with E-state index in [4.69, 9.17) is 10.4 Å². The lowest BCUT2D eigenvalue weighted by Gasteiger charge is -2.22. The second kappa shape index (κ2) is 10.1. The van der Waals surface area contributed by atoms with Gasteiger partial charge < -0.3 is 15.7 Å². The van der Waals surface area contributed by atoms with E-state index in [0.29, 0.717) is 12.2 Å². The average molecular weight is 325 g/mol. The van der Waals surface area contributed by atoms with Crippen molar-refractivity contribution in [3.63, 3.8) is 0 Å². The molecule has 0 spiro atoms. The van der Waals surface area contributed by atoms with Gasteiger partial charge in [-0.2, -0.15) is 17.0 Å². The Balaban J connectivity index is 2.58. The van der Waals surface area contributed by atoms with Gasteiger partial charge in [0.1, 0.15) is 17.7 Å². The Morgan fingerprint density at radius 3 is 2.64 bits per heavy atom. The summed E-state index contributed by atoms with van der Waals surface area (Å²) in [7, 11) is 0. The lowest BCUT2D eigenvalue weighted by atomic mass is 9.96. The Morgan fingerprint density at radius 1 is 1.41 bits per heavy atom. The first-order valence-electron chi connectivity index (χ1n) is 7.47. The van der Waals surface area contributed by atoms with Crippen molar-refractivity contribution in [1.29, 1.82) is 5.26 Å². The highest BCUT2D eigenvalue weighted by Gasteiger charge is 2.21. The van der Waals surface area contributed by atoms with Crippen molar-refractivity contribution in [2.75, 3.05) is 12.0 Å². The van der Waals surface area contributed by atoms with Gasteiger partial charge in [-0.3, -0.25) is 4.79 Å². The number of rotatable bonds is 8. The Labute approximate surface area is 135 Å². The summed E-state index contributed by atoms with van der Waals surface area (Å²) < 4.78 is 0. The molecule has 0 aliphatic heterocycles. The fourth-order valence-corrected chi connectivity index (χ4v) is 2.82. The van der Waals surface area contributed by atoms with Crippen molar-refractivity contribution < 1.29 is 14.7 Å². The van der Waals surface area contributed by atoms with E-state index >= 15 is 0 Å². The van der Waals surface area contributed by atoms with Crippen LogP contribution in [0.3, 0.4) is 0 Å². The first-order valence-corrected chi connectivity index (χ1v) is 8.86. The summed E-state index contributed by atoms with van der Waals surface area (Å²) in [5.41, 5.74) is -0.0824. The third kappa shape index (κ3) is 6.39. The molecule has 0 saturated heterocycles. The highest BCUT2D eigenvalue weighted by molar-refractivity contribution is 7.98. The second-order valence-corrected chi connectivity index (χ2v) is 6.30. The lowest BCUT2D eigenvalue weighted by molar-refractivity contribution is -0.141. The standard InChI is InChI=1S/C15H23N3O3S/c1-22-8-7-13(15(20)21)18-14(19)11(9-16)10-17-12-5-3-2-4-6-12/h10,12-13,17H,2-8H2,1H3,(H,18,19)(H,20,21)/b11-10-. The van der Waals surface area contributed by atoms with Crippen LogP contribution in [0, 0.1) is 11.3 Å². The van der Waals surface area contributed by atoms with Crippen LogP contribution in [0.4, 0.5) is 0 Å². The van der Waals surface area contributed by atoms with Crippen LogP contribution in [0.5, 0.6) is 0 Å². The Morgan fingerprint density at radius 2 is 2.09 bits per heavy atom. The lowest BCUT2D eigenvalue weighted by Crippen LogP contribution is -2.42. The topological polar surface area (TPSA) is 102 Å². The molecule has 1 aliphatic rings. The number of nitrogens with one attached hydrogen (secondary N) is 2. The van der Waals surface area contributed by atoms with Crippen molar-refractivity contribution in [1.82, 2.24) is 10.6 Å². The molecule has 22 heavy (non-hydrogen) atoms. The zero-order valence-electron chi connectivity index (χ0n) is 12.8. The number of nitrogens with zero attached hydrogens (tertiary/aromatic N) is 1. The SMILES string of the molecule is CSCCC(NC(=O)/C(C#N)=C\NC1CCCCC1)C(=O)O. The van der Waals surface area contributed by atoms with Gasteiger partial charge in [0.05, 0.1) is 0 Å². The van der Waals surface area contributed by atoms with E-state index in [2.05, 4.69) is 10.6 Å². The summed E-state index contributed by atoms with van der Waals surface area (Å²) >= 11 is 1.51. The molecule has 0 radical (unpaired) electrons. The quantitative estimate of drug-likeness (QED) is 0.463. The van der Waals surface area contributed by atoms with Crippen LogP contribution < -0.4 is 10.6 Å². The van der Waals surface area contributed by atoms with Crippen molar-refractivity contribution >= 4 is 23.6 Å². The molecule has 1 amide bonds. The maximum atomic E-state index is 12.0. The number of carbonyl (C=O) groups excluding carboxylic acids is 1. The molecule has 0 aromatic rings. The van der Waals surface area contributed by atoms with E-state index in [9.17, 15) is 9.59 Å².